The summed E-state index contributed by atoms with van der Waals surface area (Å²) in [6, 6.07) is 25.5. The van der Waals surface area contributed by atoms with Gasteiger partial charge in [0.1, 0.15) is 11.0 Å². The average molecular weight is 430 g/mol. The number of benzene rings is 3. The molecule has 3 heterocycles. The summed E-state index contributed by atoms with van der Waals surface area (Å²) in [7, 11) is 1.63. The van der Waals surface area contributed by atoms with Crippen LogP contribution in [0.25, 0.3) is 0 Å². The molecule has 3 unspecified atom stereocenters. The van der Waals surface area contributed by atoms with Crippen LogP contribution in [0.15, 0.2) is 84.0 Å². The maximum absolute atomic E-state index is 13.6. The molecule has 0 radical (unpaired) electrons. The maximum atomic E-state index is 13.6. The van der Waals surface area contributed by atoms with Gasteiger partial charge < -0.3 is 14.9 Å². The molecule has 1 N–H and O–H groups in total. The molecule has 3 aliphatic rings. The number of methoxy groups -OCH3 is 1. The molecule has 3 aromatic carbocycles. The second kappa shape index (κ2) is 6.78. The molecule has 0 bridgehead atoms. The van der Waals surface area contributed by atoms with Crippen LogP contribution in [0, 0.1) is 0 Å². The Hall–Kier alpha value is -3.45. The molecule has 1 fully saturated rings. The Kier molecular flexibility index (Phi) is 4.01. The van der Waals surface area contributed by atoms with E-state index >= 15 is 0 Å². The lowest BCUT2D eigenvalue weighted by Gasteiger charge is -2.34. The normalized spacial score (nSPS) is 25.6. The van der Waals surface area contributed by atoms with Gasteiger partial charge in [-0.3, -0.25) is 9.69 Å². The van der Waals surface area contributed by atoms with E-state index in [0.717, 1.165) is 28.3 Å². The van der Waals surface area contributed by atoms with E-state index in [4.69, 9.17) is 9.57 Å². The summed E-state index contributed by atoms with van der Waals surface area (Å²) in [5, 5.41) is 7.43. The number of hydrogen-bond donors (Lipinski definition) is 1. The molecule has 0 aromatic heterocycles. The van der Waals surface area contributed by atoms with Crippen molar-refractivity contribution in [3.05, 3.63) is 90.0 Å². The largest absolute Gasteiger partial charge is 0.495 e. The van der Waals surface area contributed by atoms with Crippen molar-refractivity contribution in [1.82, 2.24) is 0 Å². The molecule has 6 nitrogen and oxygen atoms in total. The molecule has 1 amide bonds. The highest BCUT2D eigenvalue weighted by molar-refractivity contribution is 8.03. The number of carbonyl (C=O) groups is 1. The number of ether oxygens (including phenoxy) is 1. The molecule has 154 valence electrons. The van der Waals surface area contributed by atoms with E-state index in [9.17, 15) is 4.79 Å². The van der Waals surface area contributed by atoms with Crippen molar-refractivity contribution < 1.29 is 14.4 Å². The standard InChI is InChI=1S/C24H19N3O3S/c1-29-19-14-8-7-13-18(19)27-22-21(20(30-26-22)15-9-3-2-4-10-15)31-24(27)16-11-5-6-12-17(16)25-23(24)28/h2-14,20-21H,1H3,(H,25,28). The topological polar surface area (TPSA) is 63.2 Å². The average Bonchev–Trinajstić information content (AvgIpc) is 3.45. The van der Waals surface area contributed by atoms with Gasteiger partial charge in [0, 0.05) is 11.3 Å². The quantitative estimate of drug-likeness (QED) is 0.664. The van der Waals surface area contributed by atoms with Crippen molar-refractivity contribution in [2.75, 3.05) is 17.3 Å². The van der Waals surface area contributed by atoms with Crippen molar-refractivity contribution in [3.63, 3.8) is 0 Å². The van der Waals surface area contributed by atoms with Crippen LogP contribution in [0.3, 0.4) is 0 Å². The van der Waals surface area contributed by atoms with Gasteiger partial charge in [0.25, 0.3) is 5.91 Å². The summed E-state index contributed by atoms with van der Waals surface area (Å²) >= 11 is 1.57. The monoisotopic (exact) mass is 429 g/mol. The van der Waals surface area contributed by atoms with E-state index in [1.54, 1.807) is 18.9 Å². The van der Waals surface area contributed by atoms with Crippen molar-refractivity contribution in [2.24, 2.45) is 5.16 Å². The van der Waals surface area contributed by atoms with Gasteiger partial charge in [0.2, 0.25) is 4.87 Å². The van der Waals surface area contributed by atoms with Gasteiger partial charge in [-0.05, 0) is 23.8 Å². The number of oxime groups is 1. The van der Waals surface area contributed by atoms with E-state index in [2.05, 4.69) is 10.5 Å². The molecular formula is C24H19N3O3S. The summed E-state index contributed by atoms with van der Waals surface area (Å²) < 4.78 is 5.67. The Morgan fingerprint density at radius 3 is 2.61 bits per heavy atom. The van der Waals surface area contributed by atoms with Crippen LogP contribution in [0.2, 0.25) is 0 Å². The van der Waals surface area contributed by atoms with Gasteiger partial charge in [-0.15, -0.1) is 11.8 Å². The number of carbonyl (C=O) groups excluding carboxylic acids is 1. The van der Waals surface area contributed by atoms with Gasteiger partial charge in [-0.25, -0.2) is 0 Å². The first kappa shape index (κ1) is 18.3. The van der Waals surface area contributed by atoms with Gasteiger partial charge in [0.05, 0.1) is 12.8 Å². The number of amides is 1. The number of para-hydroxylation sites is 3. The second-order valence-electron chi connectivity index (χ2n) is 7.58. The Morgan fingerprint density at radius 2 is 1.77 bits per heavy atom. The van der Waals surface area contributed by atoms with E-state index in [-0.39, 0.29) is 17.3 Å². The molecule has 3 aliphatic heterocycles. The highest BCUT2D eigenvalue weighted by atomic mass is 32.2. The third-order valence-electron chi connectivity index (χ3n) is 5.93. The van der Waals surface area contributed by atoms with Crippen LogP contribution in [0.5, 0.6) is 5.75 Å². The summed E-state index contributed by atoms with van der Waals surface area (Å²) in [6.07, 6.45) is -0.279. The molecule has 6 rings (SSSR count). The molecular weight excluding hydrogens is 410 g/mol. The Morgan fingerprint density at radius 1 is 1.03 bits per heavy atom. The van der Waals surface area contributed by atoms with E-state index in [0.29, 0.717) is 5.75 Å². The van der Waals surface area contributed by atoms with Crippen LogP contribution in [0.4, 0.5) is 11.4 Å². The van der Waals surface area contributed by atoms with E-state index in [1.807, 2.05) is 83.8 Å². The SMILES string of the molecule is COc1ccccc1N1C2=NOC(c3ccccc3)C2SC12C(=O)Nc1ccccc12. The number of rotatable bonds is 3. The van der Waals surface area contributed by atoms with E-state index < -0.39 is 4.87 Å². The smallest absolute Gasteiger partial charge is 0.266 e. The van der Waals surface area contributed by atoms with Crippen molar-refractivity contribution in [2.45, 2.75) is 16.2 Å². The first-order valence-electron chi connectivity index (χ1n) is 10.0. The highest BCUT2D eigenvalue weighted by Crippen LogP contribution is 2.61. The third-order valence-corrected chi connectivity index (χ3v) is 7.57. The number of fused-ring (bicyclic) bond motifs is 3. The summed E-state index contributed by atoms with van der Waals surface area (Å²) in [5.41, 5.74) is 3.54. The second-order valence-corrected chi connectivity index (χ2v) is 8.91. The van der Waals surface area contributed by atoms with Crippen LogP contribution < -0.4 is 15.0 Å². The fraction of sp³-hybridized carbons (Fsp3) is 0.167. The van der Waals surface area contributed by atoms with E-state index in [1.165, 1.54) is 0 Å². The zero-order valence-corrected chi connectivity index (χ0v) is 17.5. The van der Waals surface area contributed by atoms with Crippen molar-refractivity contribution >= 4 is 34.9 Å². The van der Waals surface area contributed by atoms with Gasteiger partial charge in [0.15, 0.2) is 11.9 Å². The zero-order valence-electron chi connectivity index (χ0n) is 16.7. The van der Waals surface area contributed by atoms with Crippen LogP contribution >= 0.6 is 11.8 Å². The molecule has 1 saturated heterocycles. The molecule has 0 aliphatic carbocycles. The molecule has 1 spiro atoms. The van der Waals surface area contributed by atoms with Crippen molar-refractivity contribution in [3.8, 4) is 5.75 Å². The zero-order chi connectivity index (χ0) is 21.0. The Bertz CT molecular complexity index is 1220. The fourth-order valence-electron chi connectivity index (χ4n) is 4.58. The van der Waals surface area contributed by atoms with Gasteiger partial charge >= 0.3 is 0 Å². The number of amidine groups is 1. The molecule has 3 atom stereocenters. The predicted octanol–water partition coefficient (Wildman–Crippen LogP) is 4.51. The maximum Gasteiger partial charge on any atom is 0.266 e. The molecule has 3 aromatic rings. The minimum absolute atomic E-state index is 0.0893. The lowest BCUT2D eigenvalue weighted by Crippen LogP contribution is -2.47. The number of nitrogens with one attached hydrogen (secondary N) is 1. The van der Waals surface area contributed by atoms with Crippen LogP contribution in [-0.2, 0) is 14.5 Å². The van der Waals surface area contributed by atoms with Crippen LogP contribution in [-0.4, -0.2) is 24.1 Å². The van der Waals surface area contributed by atoms with Crippen LogP contribution in [0.1, 0.15) is 17.2 Å². The lowest BCUT2D eigenvalue weighted by atomic mass is 10.0. The van der Waals surface area contributed by atoms with Gasteiger partial charge in [-0.2, -0.15) is 0 Å². The lowest BCUT2D eigenvalue weighted by molar-refractivity contribution is -0.117. The summed E-state index contributed by atoms with van der Waals surface area (Å²) in [6.45, 7) is 0. The first-order chi connectivity index (χ1) is 15.2. The highest BCUT2D eigenvalue weighted by Gasteiger charge is 2.64. The first-order valence-corrected chi connectivity index (χ1v) is 10.9. The Balaban J connectivity index is 1.56. The predicted molar refractivity (Wildman–Crippen MR) is 121 cm³/mol. The molecule has 31 heavy (non-hydrogen) atoms. The Labute approximate surface area is 183 Å². The third kappa shape index (κ3) is 2.47. The van der Waals surface area contributed by atoms with Crippen molar-refractivity contribution in [1.29, 1.82) is 0 Å². The number of hydrogen-bond acceptors (Lipinski definition) is 6. The number of thioether (sulfide) groups is 1. The minimum atomic E-state index is -0.995. The summed E-state index contributed by atoms with van der Waals surface area (Å²) in [4.78, 5) is 20.5. The fourth-order valence-corrected chi connectivity index (χ4v) is 6.29. The minimum Gasteiger partial charge on any atom is -0.495 e. The van der Waals surface area contributed by atoms with Gasteiger partial charge in [-0.1, -0.05) is 65.8 Å². The summed E-state index contributed by atoms with van der Waals surface area (Å²) in [5.74, 6) is 1.30. The molecule has 7 heteroatoms. The molecule has 0 saturated carbocycles. The number of anilines is 2. The number of nitrogens with zero attached hydrogens (tertiary/aromatic N) is 2.